The zero-order valence-corrected chi connectivity index (χ0v) is 12.5. The second kappa shape index (κ2) is 6.92. The van der Waals surface area contributed by atoms with E-state index >= 15 is 0 Å². The summed E-state index contributed by atoms with van der Waals surface area (Å²) in [6.07, 6.45) is 2.11. The standard InChI is InChI=1S/C16H19NO4/c1-4-5-10-20-13-8-6-12(7-9-13)15-17-14(19-3)11(2)16(18)21-15/h6-9H,4-5,10H2,1-3H3. The van der Waals surface area contributed by atoms with Crippen LogP contribution in [0.15, 0.2) is 33.5 Å². The summed E-state index contributed by atoms with van der Waals surface area (Å²) in [4.78, 5) is 15.9. The number of ether oxygens (including phenoxy) is 2. The van der Waals surface area contributed by atoms with Gasteiger partial charge in [-0.15, -0.1) is 0 Å². The summed E-state index contributed by atoms with van der Waals surface area (Å²) in [6, 6.07) is 7.28. The van der Waals surface area contributed by atoms with E-state index in [4.69, 9.17) is 13.9 Å². The summed E-state index contributed by atoms with van der Waals surface area (Å²) in [6.45, 7) is 4.43. The normalized spacial score (nSPS) is 10.4. The molecule has 1 aromatic carbocycles. The molecule has 0 atom stereocenters. The molecule has 2 rings (SSSR count). The van der Waals surface area contributed by atoms with Crippen molar-refractivity contribution in [3.63, 3.8) is 0 Å². The maximum Gasteiger partial charge on any atom is 0.345 e. The van der Waals surface area contributed by atoms with E-state index in [-0.39, 0.29) is 11.8 Å². The highest BCUT2D eigenvalue weighted by atomic mass is 16.5. The predicted octanol–water partition coefficient (Wildman–Crippen LogP) is 3.20. The van der Waals surface area contributed by atoms with Gasteiger partial charge >= 0.3 is 5.63 Å². The Morgan fingerprint density at radius 1 is 1.24 bits per heavy atom. The molecule has 0 aliphatic heterocycles. The maximum absolute atomic E-state index is 11.7. The summed E-state index contributed by atoms with van der Waals surface area (Å²) in [5.74, 6) is 1.31. The molecule has 0 aliphatic carbocycles. The molecule has 0 fully saturated rings. The third-order valence-corrected chi connectivity index (χ3v) is 3.08. The van der Waals surface area contributed by atoms with Gasteiger partial charge in [-0.25, -0.2) is 4.79 Å². The Morgan fingerprint density at radius 3 is 2.57 bits per heavy atom. The van der Waals surface area contributed by atoms with Crippen LogP contribution in [0.5, 0.6) is 11.6 Å². The lowest BCUT2D eigenvalue weighted by molar-refractivity contribution is 0.309. The number of hydrogen-bond donors (Lipinski definition) is 0. The molecule has 0 saturated carbocycles. The van der Waals surface area contributed by atoms with E-state index in [1.165, 1.54) is 7.11 Å². The average Bonchev–Trinajstić information content (AvgIpc) is 2.51. The third kappa shape index (κ3) is 3.62. The molecule has 21 heavy (non-hydrogen) atoms. The number of benzene rings is 1. The van der Waals surface area contributed by atoms with Crippen LogP contribution in [0.25, 0.3) is 11.5 Å². The van der Waals surface area contributed by atoms with Gasteiger partial charge in [0.15, 0.2) is 0 Å². The van der Waals surface area contributed by atoms with Crippen molar-refractivity contribution in [2.24, 2.45) is 0 Å². The largest absolute Gasteiger partial charge is 0.494 e. The molecule has 0 amide bonds. The Bertz CT molecular complexity index is 646. The van der Waals surface area contributed by atoms with E-state index in [1.54, 1.807) is 19.1 Å². The van der Waals surface area contributed by atoms with Gasteiger partial charge in [0, 0.05) is 5.56 Å². The number of aromatic nitrogens is 1. The van der Waals surface area contributed by atoms with Crippen molar-refractivity contribution in [3.8, 4) is 23.1 Å². The van der Waals surface area contributed by atoms with Gasteiger partial charge in [-0.3, -0.25) is 0 Å². The topological polar surface area (TPSA) is 61.6 Å². The average molecular weight is 289 g/mol. The quantitative estimate of drug-likeness (QED) is 0.764. The highest BCUT2D eigenvalue weighted by Crippen LogP contribution is 2.22. The molecule has 0 saturated heterocycles. The van der Waals surface area contributed by atoms with E-state index in [2.05, 4.69) is 11.9 Å². The van der Waals surface area contributed by atoms with Gasteiger partial charge in [0.25, 0.3) is 0 Å². The fourth-order valence-electron chi connectivity index (χ4n) is 1.80. The molecule has 5 heteroatoms. The molecule has 0 unspecified atom stereocenters. The second-order valence-corrected chi connectivity index (χ2v) is 4.67. The third-order valence-electron chi connectivity index (χ3n) is 3.08. The summed E-state index contributed by atoms with van der Waals surface area (Å²) in [5.41, 5.74) is 0.620. The summed E-state index contributed by atoms with van der Waals surface area (Å²) >= 11 is 0. The summed E-state index contributed by atoms with van der Waals surface area (Å²) < 4.78 is 15.9. The SMILES string of the molecule is CCCCOc1ccc(-c2nc(OC)c(C)c(=O)o2)cc1. The minimum Gasteiger partial charge on any atom is -0.494 e. The molecule has 0 radical (unpaired) electrons. The lowest BCUT2D eigenvalue weighted by Crippen LogP contribution is -2.08. The molecule has 112 valence electrons. The molecule has 1 heterocycles. The van der Waals surface area contributed by atoms with Crippen LogP contribution in [0.3, 0.4) is 0 Å². The second-order valence-electron chi connectivity index (χ2n) is 4.67. The fraction of sp³-hybridized carbons (Fsp3) is 0.375. The van der Waals surface area contributed by atoms with Crippen LogP contribution in [-0.4, -0.2) is 18.7 Å². The van der Waals surface area contributed by atoms with Crippen molar-refractivity contribution in [3.05, 3.63) is 40.2 Å². The number of hydrogen-bond acceptors (Lipinski definition) is 5. The van der Waals surface area contributed by atoms with Crippen molar-refractivity contribution in [1.82, 2.24) is 4.98 Å². The number of rotatable bonds is 6. The minimum atomic E-state index is -0.444. The van der Waals surface area contributed by atoms with Crippen molar-refractivity contribution >= 4 is 0 Å². The zero-order valence-electron chi connectivity index (χ0n) is 12.5. The molecule has 0 spiro atoms. The van der Waals surface area contributed by atoms with Crippen molar-refractivity contribution in [1.29, 1.82) is 0 Å². The first kappa shape index (κ1) is 15.1. The van der Waals surface area contributed by atoms with E-state index in [9.17, 15) is 4.79 Å². The smallest absolute Gasteiger partial charge is 0.345 e. The van der Waals surface area contributed by atoms with Gasteiger partial charge in [-0.1, -0.05) is 13.3 Å². The van der Waals surface area contributed by atoms with Gasteiger partial charge in [-0.05, 0) is 37.6 Å². The van der Waals surface area contributed by atoms with Crippen LogP contribution in [0.1, 0.15) is 25.3 Å². The Hall–Kier alpha value is -2.30. The van der Waals surface area contributed by atoms with Gasteiger partial charge in [0.2, 0.25) is 11.8 Å². The van der Waals surface area contributed by atoms with Crippen LogP contribution >= 0.6 is 0 Å². The maximum atomic E-state index is 11.7. The lowest BCUT2D eigenvalue weighted by Gasteiger charge is -2.07. The van der Waals surface area contributed by atoms with Gasteiger partial charge in [0.05, 0.1) is 19.3 Å². The molecule has 0 bridgehead atoms. The van der Waals surface area contributed by atoms with Gasteiger partial charge in [0.1, 0.15) is 5.75 Å². The Labute approximate surface area is 123 Å². The number of unbranched alkanes of at least 4 members (excludes halogenated alkanes) is 1. The number of methoxy groups -OCH3 is 1. The predicted molar refractivity (Wildman–Crippen MR) is 79.9 cm³/mol. The van der Waals surface area contributed by atoms with Crippen LogP contribution in [-0.2, 0) is 0 Å². The molecule has 5 nitrogen and oxygen atoms in total. The highest BCUT2D eigenvalue weighted by Gasteiger charge is 2.11. The zero-order chi connectivity index (χ0) is 15.2. The molecule has 0 N–H and O–H groups in total. The molecular weight excluding hydrogens is 270 g/mol. The molecule has 0 aliphatic rings. The molecular formula is C16H19NO4. The van der Waals surface area contributed by atoms with Gasteiger partial charge in [-0.2, -0.15) is 4.98 Å². The minimum absolute atomic E-state index is 0.238. The van der Waals surface area contributed by atoms with E-state index < -0.39 is 5.63 Å². The first-order chi connectivity index (χ1) is 10.2. The first-order valence-electron chi connectivity index (χ1n) is 6.94. The van der Waals surface area contributed by atoms with Gasteiger partial charge < -0.3 is 13.9 Å². The Balaban J connectivity index is 2.22. The number of nitrogens with zero attached hydrogens (tertiary/aromatic N) is 1. The molecule has 2 aromatic rings. The summed E-state index contributed by atoms with van der Waals surface area (Å²) in [7, 11) is 1.48. The van der Waals surface area contributed by atoms with Crippen molar-refractivity contribution < 1.29 is 13.9 Å². The Kier molecular flexibility index (Phi) is 4.98. The van der Waals surface area contributed by atoms with Crippen LogP contribution in [0, 0.1) is 6.92 Å². The monoisotopic (exact) mass is 289 g/mol. The molecule has 1 aromatic heterocycles. The highest BCUT2D eigenvalue weighted by molar-refractivity contribution is 5.55. The van der Waals surface area contributed by atoms with Crippen molar-refractivity contribution in [2.75, 3.05) is 13.7 Å². The van der Waals surface area contributed by atoms with E-state index in [1.807, 2.05) is 12.1 Å². The fourth-order valence-corrected chi connectivity index (χ4v) is 1.80. The first-order valence-corrected chi connectivity index (χ1v) is 6.94. The van der Waals surface area contributed by atoms with E-state index in [0.717, 1.165) is 18.6 Å². The van der Waals surface area contributed by atoms with E-state index in [0.29, 0.717) is 17.7 Å². The van der Waals surface area contributed by atoms with Crippen LogP contribution in [0.4, 0.5) is 0 Å². The van der Waals surface area contributed by atoms with Crippen LogP contribution in [0.2, 0.25) is 0 Å². The van der Waals surface area contributed by atoms with Crippen LogP contribution < -0.4 is 15.1 Å². The van der Waals surface area contributed by atoms with Crippen molar-refractivity contribution in [2.45, 2.75) is 26.7 Å². The summed E-state index contributed by atoms with van der Waals surface area (Å²) in [5, 5.41) is 0. The Morgan fingerprint density at radius 2 is 1.95 bits per heavy atom. The lowest BCUT2D eigenvalue weighted by atomic mass is 10.2.